The Bertz CT molecular complexity index is 1170. The molecule has 2 unspecified atom stereocenters. The Morgan fingerprint density at radius 3 is 2.74 bits per heavy atom. The van der Waals surface area contributed by atoms with Crippen molar-refractivity contribution < 1.29 is 29.0 Å². The number of amides is 2. The molecule has 10 nitrogen and oxygen atoms in total. The number of carbonyl (C=O) groups is 3. The number of phenols is 1. The molecule has 1 aliphatic rings. The molecule has 2 amide bonds. The van der Waals surface area contributed by atoms with Crippen molar-refractivity contribution in [3.05, 3.63) is 57.0 Å². The quantitative estimate of drug-likeness (QED) is 0.285. The van der Waals surface area contributed by atoms with E-state index in [1.807, 2.05) is 0 Å². The van der Waals surface area contributed by atoms with Gasteiger partial charge in [-0.25, -0.2) is 9.38 Å². The van der Waals surface area contributed by atoms with E-state index in [4.69, 9.17) is 11.6 Å². The Hall–Kier alpha value is -3.38. The standard InChI is InChI=1S/C22H22BrClFN5O5/c23-16-6-12(24)5-15(20(16)34)17(7-19(32)33)30-18(31)10-26-21(35)11-2-1-3-14(4-11)29-22-27-8-13(25)9-28-22/h1-6,13,17,34H,7-10H2,(H,26,35)(H,30,31)(H,32,33)(H2,27,28,29). The lowest BCUT2D eigenvalue weighted by Gasteiger charge is -2.20. The first-order valence-corrected chi connectivity index (χ1v) is 11.6. The first kappa shape index (κ1) is 26.2. The highest BCUT2D eigenvalue weighted by atomic mass is 79.9. The van der Waals surface area contributed by atoms with E-state index in [1.54, 1.807) is 18.2 Å². The number of hydrogen-bond acceptors (Lipinski definition) is 7. The molecular weight excluding hydrogens is 549 g/mol. The maximum Gasteiger partial charge on any atom is 0.305 e. The maximum absolute atomic E-state index is 13.2. The third kappa shape index (κ3) is 7.55. The van der Waals surface area contributed by atoms with Gasteiger partial charge in [0.25, 0.3) is 5.91 Å². The van der Waals surface area contributed by atoms with Crippen LogP contribution < -0.4 is 21.3 Å². The number of phenolic OH excluding ortho intramolecular Hbond substituents is 1. The minimum absolute atomic E-state index is 0.0391. The molecule has 35 heavy (non-hydrogen) atoms. The van der Waals surface area contributed by atoms with Crippen LogP contribution in [0.2, 0.25) is 5.02 Å². The number of carboxylic acid groups (broad SMARTS) is 1. The van der Waals surface area contributed by atoms with Gasteiger partial charge in [0, 0.05) is 21.8 Å². The second-order valence-corrected chi connectivity index (χ2v) is 8.89. The fourth-order valence-corrected chi connectivity index (χ4v) is 4.08. The van der Waals surface area contributed by atoms with E-state index in [1.165, 1.54) is 18.2 Å². The number of rotatable bonds is 8. The molecule has 0 aliphatic carbocycles. The normalized spacial score (nSPS) is 15.9. The molecule has 0 aromatic heterocycles. The summed E-state index contributed by atoms with van der Waals surface area (Å²) in [5, 5.41) is 30.5. The molecule has 2 aromatic carbocycles. The SMILES string of the molecule is O=C(O)CC(NC(=O)CNC(=O)c1cccc(NC2=NCC(F)CN2)c1)c1cc(Cl)cc(Br)c1O. The van der Waals surface area contributed by atoms with Gasteiger partial charge in [0.1, 0.15) is 11.9 Å². The van der Waals surface area contributed by atoms with E-state index in [0.717, 1.165) is 0 Å². The van der Waals surface area contributed by atoms with E-state index in [0.29, 0.717) is 11.6 Å². The number of nitrogens with one attached hydrogen (secondary N) is 4. The minimum atomic E-state index is -1.21. The van der Waals surface area contributed by atoms with Gasteiger partial charge in [-0.2, -0.15) is 0 Å². The van der Waals surface area contributed by atoms with Gasteiger partial charge in [0.2, 0.25) is 5.91 Å². The number of hydrogen-bond donors (Lipinski definition) is 6. The van der Waals surface area contributed by atoms with E-state index in [-0.39, 0.29) is 39.5 Å². The van der Waals surface area contributed by atoms with Crippen molar-refractivity contribution in [3.8, 4) is 5.75 Å². The molecule has 13 heteroatoms. The van der Waals surface area contributed by atoms with Crippen LogP contribution in [0.4, 0.5) is 10.1 Å². The zero-order chi connectivity index (χ0) is 25.5. The van der Waals surface area contributed by atoms with Crippen molar-refractivity contribution in [2.75, 3.05) is 25.0 Å². The van der Waals surface area contributed by atoms with Crippen molar-refractivity contribution in [3.63, 3.8) is 0 Å². The average Bonchev–Trinajstić information content (AvgIpc) is 2.81. The largest absolute Gasteiger partial charge is 0.506 e. The zero-order valence-corrected chi connectivity index (χ0v) is 20.5. The van der Waals surface area contributed by atoms with Crippen LogP contribution >= 0.6 is 27.5 Å². The lowest BCUT2D eigenvalue weighted by molar-refractivity contribution is -0.137. The average molecular weight is 571 g/mol. The number of aliphatic carboxylic acids is 1. The summed E-state index contributed by atoms with van der Waals surface area (Å²) in [6.45, 7) is -0.271. The Labute approximate surface area is 213 Å². The van der Waals surface area contributed by atoms with E-state index < -0.39 is 43.0 Å². The van der Waals surface area contributed by atoms with Gasteiger partial charge in [-0.1, -0.05) is 17.7 Å². The van der Waals surface area contributed by atoms with Gasteiger partial charge in [-0.15, -0.1) is 0 Å². The summed E-state index contributed by atoms with van der Waals surface area (Å²) in [6.07, 6.45) is -1.57. The predicted molar refractivity (Wildman–Crippen MR) is 132 cm³/mol. The van der Waals surface area contributed by atoms with E-state index in [9.17, 15) is 29.0 Å². The molecule has 0 radical (unpaired) electrons. The Kier molecular flexibility index (Phi) is 8.88. The van der Waals surface area contributed by atoms with Crippen LogP contribution in [0.5, 0.6) is 5.75 Å². The highest BCUT2D eigenvalue weighted by Gasteiger charge is 2.23. The summed E-state index contributed by atoms with van der Waals surface area (Å²) in [7, 11) is 0. The highest BCUT2D eigenvalue weighted by Crippen LogP contribution is 2.36. The number of carboxylic acids is 1. The van der Waals surface area contributed by atoms with Crippen molar-refractivity contribution in [2.45, 2.75) is 18.6 Å². The van der Waals surface area contributed by atoms with Crippen molar-refractivity contribution in [1.82, 2.24) is 16.0 Å². The number of anilines is 1. The van der Waals surface area contributed by atoms with Crippen LogP contribution in [0.15, 0.2) is 45.9 Å². The van der Waals surface area contributed by atoms with Crippen LogP contribution in [-0.4, -0.2) is 59.8 Å². The summed E-state index contributed by atoms with van der Waals surface area (Å²) < 4.78 is 13.4. The van der Waals surface area contributed by atoms with Crippen LogP contribution in [0, 0.1) is 0 Å². The van der Waals surface area contributed by atoms with Gasteiger partial charge in [-0.3, -0.25) is 14.4 Å². The third-order valence-electron chi connectivity index (χ3n) is 4.88. The Balaban J connectivity index is 1.62. The maximum atomic E-state index is 13.2. The predicted octanol–water partition coefficient (Wildman–Crippen LogP) is 2.58. The first-order valence-electron chi connectivity index (χ1n) is 10.4. The van der Waals surface area contributed by atoms with Gasteiger partial charge < -0.3 is 31.5 Å². The fraction of sp³-hybridized carbons (Fsp3) is 0.273. The monoisotopic (exact) mass is 569 g/mol. The van der Waals surface area contributed by atoms with Crippen molar-refractivity contribution >= 4 is 57.0 Å². The van der Waals surface area contributed by atoms with E-state index in [2.05, 4.69) is 42.2 Å². The van der Waals surface area contributed by atoms with Gasteiger partial charge in [0.05, 0.1) is 36.6 Å². The smallest absolute Gasteiger partial charge is 0.305 e. The lowest BCUT2D eigenvalue weighted by Crippen LogP contribution is -2.41. The van der Waals surface area contributed by atoms with Crippen LogP contribution in [0.25, 0.3) is 0 Å². The molecular formula is C22H22BrClFN5O5. The molecule has 0 saturated heterocycles. The molecule has 0 saturated carbocycles. The summed E-state index contributed by atoms with van der Waals surface area (Å²) >= 11 is 9.13. The second kappa shape index (κ2) is 11.8. The molecule has 2 aromatic rings. The second-order valence-electron chi connectivity index (χ2n) is 7.60. The van der Waals surface area contributed by atoms with Gasteiger partial charge in [0.15, 0.2) is 5.96 Å². The number of nitrogens with zero attached hydrogens (tertiary/aromatic N) is 1. The molecule has 1 aliphatic heterocycles. The van der Waals surface area contributed by atoms with Gasteiger partial charge >= 0.3 is 5.97 Å². The molecule has 1 heterocycles. The highest BCUT2D eigenvalue weighted by molar-refractivity contribution is 9.10. The number of halogens is 3. The molecule has 186 valence electrons. The topological polar surface area (TPSA) is 152 Å². The van der Waals surface area contributed by atoms with Gasteiger partial charge in [-0.05, 0) is 46.3 Å². The van der Waals surface area contributed by atoms with Crippen molar-refractivity contribution in [2.24, 2.45) is 4.99 Å². The number of aromatic hydroxyl groups is 1. The number of carbonyl (C=O) groups excluding carboxylic acids is 2. The minimum Gasteiger partial charge on any atom is -0.506 e. The Morgan fingerprint density at radius 1 is 1.29 bits per heavy atom. The fourth-order valence-electron chi connectivity index (χ4n) is 3.25. The van der Waals surface area contributed by atoms with Crippen LogP contribution in [0.1, 0.15) is 28.4 Å². The summed E-state index contributed by atoms with van der Waals surface area (Å²) in [5.74, 6) is -2.30. The molecule has 6 N–H and O–H groups in total. The number of guanidine groups is 1. The third-order valence-corrected chi connectivity index (χ3v) is 5.71. The summed E-state index contributed by atoms with van der Waals surface area (Å²) in [6, 6.07) is 8.09. The molecule has 0 bridgehead atoms. The molecule has 0 fully saturated rings. The lowest BCUT2D eigenvalue weighted by atomic mass is 10.0. The number of aliphatic imine (C=N–C) groups is 1. The van der Waals surface area contributed by atoms with E-state index >= 15 is 0 Å². The van der Waals surface area contributed by atoms with Crippen molar-refractivity contribution in [1.29, 1.82) is 0 Å². The molecule has 3 rings (SSSR count). The number of benzene rings is 2. The first-order chi connectivity index (χ1) is 16.6. The summed E-state index contributed by atoms with van der Waals surface area (Å²) in [5.41, 5.74) is 0.902. The van der Waals surface area contributed by atoms with Crippen LogP contribution in [0.3, 0.4) is 0 Å². The molecule has 0 spiro atoms. The molecule has 2 atom stereocenters. The summed E-state index contributed by atoms with van der Waals surface area (Å²) in [4.78, 5) is 40.3. The number of alkyl halides is 1. The Morgan fingerprint density at radius 2 is 2.06 bits per heavy atom. The van der Waals surface area contributed by atoms with Crippen LogP contribution in [-0.2, 0) is 9.59 Å². The zero-order valence-electron chi connectivity index (χ0n) is 18.1.